The van der Waals surface area contributed by atoms with E-state index in [1.165, 1.54) is 128 Å². The number of benzene rings is 1. The van der Waals surface area contributed by atoms with E-state index in [1.54, 1.807) is 18.2 Å². The standard InChI is InChI=1S/C32H54O2/c1-2-3-4-5-6-7-8-9-10-11-12-13-14-15-16-17-18-19-20-21-22-23-27-30-32(33)34-31-28-25-24-26-29-31/h24-30H,2-23H2,1H3/b30-27+. The fourth-order valence-electron chi connectivity index (χ4n) is 4.51. The fourth-order valence-corrected chi connectivity index (χ4v) is 4.51. The quantitative estimate of drug-likeness (QED) is 0.0649. The SMILES string of the molecule is CCCCCCCCCCCCCCCCCCCCCCC/C=C/C(=O)Oc1ccccc1. The molecule has 0 saturated carbocycles. The number of esters is 1. The van der Waals surface area contributed by atoms with Crippen molar-refractivity contribution in [3.8, 4) is 5.75 Å². The molecule has 0 saturated heterocycles. The Balaban J connectivity index is 1.72. The van der Waals surface area contributed by atoms with Gasteiger partial charge in [0.1, 0.15) is 5.75 Å². The third-order valence-corrected chi connectivity index (χ3v) is 6.69. The summed E-state index contributed by atoms with van der Waals surface area (Å²) in [6.45, 7) is 2.29. The van der Waals surface area contributed by atoms with Gasteiger partial charge in [-0.2, -0.15) is 0 Å². The highest BCUT2D eigenvalue weighted by Crippen LogP contribution is 2.15. The molecule has 0 amide bonds. The first-order chi connectivity index (χ1) is 16.8. The molecule has 0 aliphatic carbocycles. The zero-order valence-corrected chi connectivity index (χ0v) is 22.4. The summed E-state index contributed by atoms with van der Waals surface area (Å²) in [4.78, 5) is 11.7. The molecule has 0 heterocycles. The highest BCUT2D eigenvalue weighted by Gasteiger charge is 1.99. The zero-order valence-electron chi connectivity index (χ0n) is 22.4. The molecular formula is C32H54O2. The van der Waals surface area contributed by atoms with Gasteiger partial charge in [0.15, 0.2) is 0 Å². The van der Waals surface area contributed by atoms with E-state index < -0.39 is 0 Å². The van der Waals surface area contributed by atoms with Crippen LogP contribution in [-0.2, 0) is 4.79 Å². The average Bonchev–Trinajstić information content (AvgIpc) is 2.85. The van der Waals surface area contributed by atoms with Gasteiger partial charge in [0, 0.05) is 6.08 Å². The van der Waals surface area contributed by atoms with Crippen molar-refractivity contribution in [2.75, 3.05) is 0 Å². The molecule has 0 aliphatic heterocycles. The number of para-hydroxylation sites is 1. The van der Waals surface area contributed by atoms with Crippen molar-refractivity contribution >= 4 is 5.97 Å². The van der Waals surface area contributed by atoms with Crippen molar-refractivity contribution in [2.45, 2.75) is 148 Å². The third-order valence-electron chi connectivity index (χ3n) is 6.69. The molecule has 0 radical (unpaired) electrons. The lowest BCUT2D eigenvalue weighted by molar-refractivity contribution is -0.129. The Morgan fingerprint density at radius 3 is 1.38 bits per heavy atom. The monoisotopic (exact) mass is 470 g/mol. The zero-order chi connectivity index (χ0) is 24.4. The molecule has 0 fully saturated rings. The van der Waals surface area contributed by atoms with Crippen LogP contribution in [0.4, 0.5) is 0 Å². The smallest absolute Gasteiger partial charge is 0.335 e. The van der Waals surface area contributed by atoms with E-state index in [9.17, 15) is 4.79 Å². The van der Waals surface area contributed by atoms with E-state index >= 15 is 0 Å². The maximum atomic E-state index is 11.7. The first kappa shape index (κ1) is 30.5. The van der Waals surface area contributed by atoms with Crippen LogP contribution < -0.4 is 4.74 Å². The first-order valence-corrected chi connectivity index (χ1v) is 14.8. The van der Waals surface area contributed by atoms with Gasteiger partial charge < -0.3 is 4.74 Å². The van der Waals surface area contributed by atoms with Crippen molar-refractivity contribution in [1.82, 2.24) is 0 Å². The van der Waals surface area contributed by atoms with Crippen molar-refractivity contribution < 1.29 is 9.53 Å². The Bertz CT molecular complexity index is 578. The lowest BCUT2D eigenvalue weighted by atomic mass is 10.0. The topological polar surface area (TPSA) is 26.3 Å². The second-order valence-electron chi connectivity index (χ2n) is 10.00. The average molecular weight is 471 g/mol. The maximum absolute atomic E-state index is 11.7. The van der Waals surface area contributed by atoms with Crippen molar-refractivity contribution in [2.24, 2.45) is 0 Å². The number of hydrogen-bond acceptors (Lipinski definition) is 2. The van der Waals surface area contributed by atoms with E-state index in [-0.39, 0.29) is 5.97 Å². The summed E-state index contributed by atoms with van der Waals surface area (Å²) in [6, 6.07) is 9.24. The highest BCUT2D eigenvalue weighted by molar-refractivity contribution is 5.83. The van der Waals surface area contributed by atoms with Gasteiger partial charge >= 0.3 is 5.97 Å². The van der Waals surface area contributed by atoms with E-state index in [0.717, 1.165) is 12.8 Å². The molecule has 0 unspecified atom stereocenters. The van der Waals surface area contributed by atoms with Gasteiger partial charge in [-0.1, -0.05) is 160 Å². The van der Waals surface area contributed by atoms with E-state index in [1.807, 2.05) is 24.3 Å². The minimum Gasteiger partial charge on any atom is -0.423 e. The van der Waals surface area contributed by atoms with Crippen LogP contribution in [0.15, 0.2) is 42.5 Å². The summed E-state index contributed by atoms with van der Waals surface area (Å²) in [6.07, 6.45) is 34.0. The van der Waals surface area contributed by atoms with Crippen LogP contribution in [-0.4, -0.2) is 5.97 Å². The second-order valence-corrected chi connectivity index (χ2v) is 10.00. The summed E-state index contributed by atoms with van der Waals surface area (Å²) < 4.78 is 5.24. The van der Waals surface area contributed by atoms with Crippen LogP contribution in [0.1, 0.15) is 148 Å². The summed E-state index contributed by atoms with van der Waals surface area (Å²) in [5.74, 6) is 0.320. The molecule has 1 rings (SSSR count). The normalized spacial score (nSPS) is 11.3. The lowest BCUT2D eigenvalue weighted by Gasteiger charge is -2.04. The van der Waals surface area contributed by atoms with Crippen molar-refractivity contribution in [3.63, 3.8) is 0 Å². The largest absolute Gasteiger partial charge is 0.423 e. The summed E-state index contributed by atoms with van der Waals surface area (Å²) in [5.41, 5.74) is 0. The number of hydrogen-bond donors (Lipinski definition) is 0. The van der Waals surface area contributed by atoms with Gasteiger partial charge in [0.05, 0.1) is 0 Å². The minimum absolute atomic E-state index is 0.283. The second kappa shape index (κ2) is 24.6. The number of unbranched alkanes of at least 4 members (excludes halogenated alkanes) is 21. The minimum atomic E-state index is -0.283. The molecule has 34 heavy (non-hydrogen) atoms. The Morgan fingerprint density at radius 1 is 0.588 bits per heavy atom. The molecule has 194 valence electrons. The van der Waals surface area contributed by atoms with Gasteiger partial charge in [-0.05, 0) is 25.0 Å². The van der Waals surface area contributed by atoms with E-state index in [4.69, 9.17) is 4.74 Å². The van der Waals surface area contributed by atoms with Crippen LogP contribution >= 0.6 is 0 Å². The third kappa shape index (κ3) is 21.0. The van der Waals surface area contributed by atoms with Crippen molar-refractivity contribution in [1.29, 1.82) is 0 Å². The van der Waals surface area contributed by atoms with E-state index in [0.29, 0.717) is 5.75 Å². The number of ether oxygens (including phenoxy) is 1. The molecule has 2 nitrogen and oxygen atoms in total. The van der Waals surface area contributed by atoms with Gasteiger partial charge in [0.2, 0.25) is 0 Å². The Morgan fingerprint density at radius 2 is 0.971 bits per heavy atom. The van der Waals surface area contributed by atoms with Crippen LogP contribution in [0.25, 0.3) is 0 Å². The molecule has 0 N–H and O–H groups in total. The predicted molar refractivity (Wildman–Crippen MR) is 148 cm³/mol. The molecule has 0 aliphatic rings. The fraction of sp³-hybridized carbons (Fsp3) is 0.719. The summed E-state index contributed by atoms with van der Waals surface area (Å²) in [7, 11) is 0. The number of rotatable bonds is 24. The number of carbonyl (C=O) groups excluding carboxylic acids is 1. The maximum Gasteiger partial charge on any atom is 0.335 e. The predicted octanol–water partition coefficient (Wildman–Crippen LogP) is 10.8. The van der Waals surface area contributed by atoms with Gasteiger partial charge in [-0.15, -0.1) is 0 Å². The van der Waals surface area contributed by atoms with Crippen LogP contribution in [0.3, 0.4) is 0 Å². The summed E-state index contributed by atoms with van der Waals surface area (Å²) in [5, 5.41) is 0. The molecule has 2 heteroatoms. The molecule has 0 spiro atoms. The van der Waals surface area contributed by atoms with Crippen molar-refractivity contribution in [3.05, 3.63) is 42.5 Å². The highest BCUT2D eigenvalue weighted by atomic mass is 16.5. The van der Waals surface area contributed by atoms with Crippen LogP contribution in [0.2, 0.25) is 0 Å². The molecule has 0 bridgehead atoms. The first-order valence-electron chi connectivity index (χ1n) is 14.8. The molecular weight excluding hydrogens is 416 g/mol. The van der Waals surface area contributed by atoms with Gasteiger partial charge in [-0.25, -0.2) is 4.79 Å². The van der Waals surface area contributed by atoms with Crippen LogP contribution in [0, 0.1) is 0 Å². The Labute approximate surface area is 212 Å². The molecule has 1 aromatic rings. The van der Waals surface area contributed by atoms with E-state index in [2.05, 4.69) is 6.92 Å². The Hall–Kier alpha value is -1.57. The molecule has 0 aromatic heterocycles. The number of allylic oxidation sites excluding steroid dienone is 1. The number of carbonyl (C=O) groups is 1. The Kier molecular flexibility index (Phi) is 22.0. The van der Waals surface area contributed by atoms with Gasteiger partial charge in [0.25, 0.3) is 0 Å². The lowest BCUT2D eigenvalue weighted by Crippen LogP contribution is -2.03. The van der Waals surface area contributed by atoms with Crippen LogP contribution in [0.5, 0.6) is 5.75 Å². The molecule has 0 atom stereocenters. The van der Waals surface area contributed by atoms with Gasteiger partial charge in [-0.3, -0.25) is 0 Å². The summed E-state index contributed by atoms with van der Waals surface area (Å²) >= 11 is 0. The molecule has 1 aromatic carbocycles.